The number of nitrogens with one attached hydrogen (secondary N) is 2. The standard InChI is InChI=1S/C14H17ClN2O3/c1-8(9-4-6-11(15)7-5-9)16-14(20)17-12(13(18)19)10-2-3-10/h4-8,10,12H,2-3H2,1H3,(H,18,19)(H2,16,17,20). The summed E-state index contributed by atoms with van der Waals surface area (Å²) in [6, 6.07) is 5.65. The van der Waals surface area contributed by atoms with Crippen molar-refractivity contribution in [1.29, 1.82) is 0 Å². The zero-order valence-electron chi connectivity index (χ0n) is 11.1. The van der Waals surface area contributed by atoms with Crippen molar-refractivity contribution in [3.63, 3.8) is 0 Å². The molecular weight excluding hydrogens is 280 g/mol. The van der Waals surface area contributed by atoms with Gasteiger partial charge in [-0.3, -0.25) is 0 Å². The Morgan fingerprint density at radius 3 is 2.35 bits per heavy atom. The normalized spacial score (nSPS) is 17.1. The predicted molar refractivity (Wildman–Crippen MR) is 75.7 cm³/mol. The lowest BCUT2D eigenvalue weighted by Gasteiger charge is -2.18. The quantitative estimate of drug-likeness (QED) is 0.781. The van der Waals surface area contributed by atoms with Gasteiger partial charge in [0.15, 0.2) is 0 Å². The molecule has 0 radical (unpaired) electrons. The molecule has 6 heteroatoms. The summed E-state index contributed by atoms with van der Waals surface area (Å²) in [5.74, 6) is -0.925. The van der Waals surface area contributed by atoms with E-state index in [1.54, 1.807) is 12.1 Å². The molecule has 3 N–H and O–H groups in total. The third-order valence-corrected chi connectivity index (χ3v) is 3.62. The average Bonchev–Trinajstić information content (AvgIpc) is 3.20. The van der Waals surface area contributed by atoms with Crippen LogP contribution in [0.15, 0.2) is 24.3 Å². The van der Waals surface area contributed by atoms with Crippen molar-refractivity contribution in [3.05, 3.63) is 34.9 Å². The van der Waals surface area contributed by atoms with Crippen LogP contribution in [0.1, 0.15) is 31.4 Å². The maximum absolute atomic E-state index is 11.8. The highest BCUT2D eigenvalue weighted by Gasteiger charge is 2.37. The molecule has 0 saturated heterocycles. The van der Waals surface area contributed by atoms with Gasteiger partial charge in [-0.15, -0.1) is 0 Å². The molecule has 2 atom stereocenters. The van der Waals surface area contributed by atoms with Crippen molar-refractivity contribution in [1.82, 2.24) is 10.6 Å². The summed E-state index contributed by atoms with van der Waals surface area (Å²) in [5.41, 5.74) is 0.905. The Hall–Kier alpha value is -1.75. The fourth-order valence-electron chi connectivity index (χ4n) is 2.03. The van der Waals surface area contributed by atoms with Gasteiger partial charge >= 0.3 is 12.0 Å². The van der Waals surface area contributed by atoms with Crippen molar-refractivity contribution in [2.24, 2.45) is 5.92 Å². The third-order valence-electron chi connectivity index (χ3n) is 3.36. The van der Waals surface area contributed by atoms with Crippen LogP contribution in [0.2, 0.25) is 5.02 Å². The molecule has 1 aromatic rings. The molecule has 1 aliphatic carbocycles. The zero-order valence-corrected chi connectivity index (χ0v) is 11.9. The molecule has 0 spiro atoms. The SMILES string of the molecule is CC(NC(=O)NC(C(=O)O)C1CC1)c1ccc(Cl)cc1. The van der Waals surface area contributed by atoms with Gasteiger partial charge in [-0.25, -0.2) is 9.59 Å². The molecule has 20 heavy (non-hydrogen) atoms. The van der Waals surface area contributed by atoms with E-state index in [0.717, 1.165) is 18.4 Å². The number of benzene rings is 1. The Morgan fingerprint density at radius 1 is 1.25 bits per heavy atom. The molecule has 0 aromatic heterocycles. The highest BCUT2D eigenvalue weighted by Crippen LogP contribution is 2.32. The average molecular weight is 297 g/mol. The minimum absolute atomic E-state index is 0.0593. The van der Waals surface area contributed by atoms with Crippen LogP contribution in [0, 0.1) is 5.92 Å². The Labute approximate surface area is 122 Å². The van der Waals surface area contributed by atoms with E-state index in [1.165, 1.54) is 0 Å². The van der Waals surface area contributed by atoms with E-state index in [0.29, 0.717) is 5.02 Å². The predicted octanol–water partition coefficient (Wildman–Crippen LogP) is 2.56. The van der Waals surface area contributed by atoms with Gasteiger partial charge < -0.3 is 15.7 Å². The number of carbonyl (C=O) groups excluding carboxylic acids is 1. The number of carboxylic acids is 1. The zero-order chi connectivity index (χ0) is 14.7. The molecule has 108 valence electrons. The fourth-order valence-corrected chi connectivity index (χ4v) is 2.15. The molecule has 1 fully saturated rings. The van der Waals surface area contributed by atoms with Gasteiger partial charge in [0, 0.05) is 5.02 Å². The molecule has 5 nitrogen and oxygen atoms in total. The van der Waals surface area contributed by atoms with Gasteiger partial charge in [0.05, 0.1) is 6.04 Å². The number of rotatable bonds is 5. The molecule has 2 unspecified atom stereocenters. The molecule has 2 amide bonds. The fraction of sp³-hybridized carbons (Fsp3) is 0.429. The van der Waals surface area contributed by atoms with Crippen LogP contribution in [0.3, 0.4) is 0 Å². The number of urea groups is 1. The van der Waals surface area contributed by atoms with E-state index in [2.05, 4.69) is 10.6 Å². The van der Waals surface area contributed by atoms with Crippen molar-refractivity contribution in [2.45, 2.75) is 31.8 Å². The lowest BCUT2D eigenvalue weighted by atomic mass is 10.1. The molecule has 1 saturated carbocycles. The van der Waals surface area contributed by atoms with Gasteiger partial charge in [0.1, 0.15) is 6.04 Å². The van der Waals surface area contributed by atoms with Crippen LogP contribution in [0.4, 0.5) is 4.79 Å². The number of hydrogen-bond acceptors (Lipinski definition) is 2. The molecule has 1 aromatic carbocycles. The van der Waals surface area contributed by atoms with Crippen molar-refractivity contribution < 1.29 is 14.7 Å². The van der Waals surface area contributed by atoms with Crippen LogP contribution in [-0.2, 0) is 4.79 Å². The van der Waals surface area contributed by atoms with Gasteiger partial charge in [0.25, 0.3) is 0 Å². The maximum atomic E-state index is 11.8. The second-order valence-electron chi connectivity index (χ2n) is 5.04. The van der Waals surface area contributed by atoms with E-state index in [4.69, 9.17) is 16.7 Å². The first-order valence-electron chi connectivity index (χ1n) is 6.52. The van der Waals surface area contributed by atoms with Crippen LogP contribution in [-0.4, -0.2) is 23.1 Å². The number of aliphatic carboxylic acids is 1. The maximum Gasteiger partial charge on any atom is 0.326 e. The van der Waals surface area contributed by atoms with E-state index in [9.17, 15) is 9.59 Å². The summed E-state index contributed by atoms with van der Waals surface area (Å²) in [5, 5.41) is 14.9. The first kappa shape index (κ1) is 14.7. The smallest absolute Gasteiger partial charge is 0.326 e. The van der Waals surface area contributed by atoms with Gasteiger partial charge in [-0.1, -0.05) is 23.7 Å². The third kappa shape index (κ3) is 3.87. The van der Waals surface area contributed by atoms with E-state index < -0.39 is 18.0 Å². The molecule has 2 rings (SSSR count). The number of amides is 2. The Balaban J connectivity index is 1.90. The van der Waals surface area contributed by atoms with Crippen molar-refractivity contribution in [3.8, 4) is 0 Å². The summed E-state index contributed by atoms with van der Waals surface area (Å²) in [7, 11) is 0. The molecule has 1 aliphatic rings. The van der Waals surface area contributed by atoms with Crippen LogP contribution in [0.5, 0.6) is 0 Å². The monoisotopic (exact) mass is 296 g/mol. The lowest BCUT2D eigenvalue weighted by Crippen LogP contribution is -2.47. The largest absolute Gasteiger partial charge is 0.480 e. The number of carbonyl (C=O) groups is 2. The molecule has 0 aliphatic heterocycles. The van der Waals surface area contributed by atoms with Gasteiger partial charge in [-0.05, 0) is 43.4 Å². The highest BCUT2D eigenvalue weighted by atomic mass is 35.5. The van der Waals surface area contributed by atoms with Crippen molar-refractivity contribution in [2.75, 3.05) is 0 Å². The Morgan fingerprint density at radius 2 is 1.85 bits per heavy atom. The summed E-state index contributed by atoms with van der Waals surface area (Å²) in [6.45, 7) is 1.83. The summed E-state index contributed by atoms with van der Waals surface area (Å²) in [6.07, 6.45) is 1.70. The van der Waals surface area contributed by atoms with E-state index in [1.807, 2.05) is 19.1 Å². The topological polar surface area (TPSA) is 78.4 Å². The second-order valence-corrected chi connectivity index (χ2v) is 5.48. The molecule has 0 heterocycles. The summed E-state index contributed by atoms with van der Waals surface area (Å²) in [4.78, 5) is 22.9. The summed E-state index contributed by atoms with van der Waals surface area (Å²) >= 11 is 5.80. The first-order valence-corrected chi connectivity index (χ1v) is 6.90. The second kappa shape index (κ2) is 6.13. The number of hydrogen-bond donors (Lipinski definition) is 3. The lowest BCUT2D eigenvalue weighted by molar-refractivity contribution is -0.139. The highest BCUT2D eigenvalue weighted by molar-refractivity contribution is 6.30. The number of carboxylic acid groups (broad SMARTS) is 1. The minimum Gasteiger partial charge on any atom is -0.480 e. The van der Waals surface area contributed by atoms with Crippen LogP contribution >= 0.6 is 11.6 Å². The van der Waals surface area contributed by atoms with Gasteiger partial charge in [0.2, 0.25) is 0 Å². The Kier molecular flexibility index (Phi) is 4.49. The van der Waals surface area contributed by atoms with E-state index in [-0.39, 0.29) is 12.0 Å². The summed E-state index contributed by atoms with van der Waals surface area (Å²) < 4.78 is 0. The molecule has 0 bridgehead atoms. The number of halogens is 1. The Bertz CT molecular complexity index is 500. The van der Waals surface area contributed by atoms with E-state index >= 15 is 0 Å². The van der Waals surface area contributed by atoms with Gasteiger partial charge in [-0.2, -0.15) is 0 Å². The molecular formula is C14H17ClN2O3. The van der Waals surface area contributed by atoms with Crippen LogP contribution < -0.4 is 10.6 Å². The first-order chi connectivity index (χ1) is 9.47. The van der Waals surface area contributed by atoms with Crippen LogP contribution in [0.25, 0.3) is 0 Å². The minimum atomic E-state index is -0.984. The van der Waals surface area contributed by atoms with Crippen molar-refractivity contribution >= 4 is 23.6 Å².